The zero-order valence-electron chi connectivity index (χ0n) is 12.9. The fraction of sp³-hybridized carbons (Fsp3) is 0.400. The van der Waals surface area contributed by atoms with Crippen molar-refractivity contribution in [2.24, 2.45) is 0 Å². The van der Waals surface area contributed by atoms with Crippen LogP contribution in [0.3, 0.4) is 0 Å². The average Bonchev–Trinajstić information content (AvgIpc) is 3.13. The molecule has 0 saturated heterocycles. The van der Waals surface area contributed by atoms with Crippen LogP contribution in [0.4, 0.5) is 0 Å². The predicted molar refractivity (Wildman–Crippen MR) is 84.3 cm³/mol. The van der Waals surface area contributed by atoms with E-state index in [2.05, 4.69) is 10.3 Å². The van der Waals surface area contributed by atoms with Gasteiger partial charge in [-0.3, -0.25) is 4.79 Å². The SMILES string of the molecule is COCCC(NC(=O)Cc1nc(-c2cccs2)oc1C)C(=O)O. The minimum Gasteiger partial charge on any atom is -0.480 e. The highest BCUT2D eigenvalue weighted by atomic mass is 32.1. The molecule has 0 aliphatic carbocycles. The van der Waals surface area contributed by atoms with Gasteiger partial charge in [-0.2, -0.15) is 0 Å². The molecular weight excluding hydrogens is 320 g/mol. The van der Waals surface area contributed by atoms with Crippen molar-refractivity contribution in [3.63, 3.8) is 0 Å². The molecule has 0 aliphatic heterocycles. The lowest BCUT2D eigenvalue weighted by molar-refractivity contribution is -0.142. The minimum absolute atomic E-state index is 0.0303. The maximum atomic E-state index is 12.0. The summed E-state index contributed by atoms with van der Waals surface area (Å²) in [7, 11) is 1.48. The number of hydrogen-bond donors (Lipinski definition) is 2. The number of aliphatic carboxylic acids is 1. The average molecular weight is 338 g/mol. The molecule has 23 heavy (non-hydrogen) atoms. The van der Waals surface area contributed by atoms with Gasteiger partial charge in [-0.15, -0.1) is 11.3 Å². The van der Waals surface area contributed by atoms with Crippen molar-refractivity contribution in [1.29, 1.82) is 0 Å². The first-order valence-electron chi connectivity index (χ1n) is 7.02. The van der Waals surface area contributed by atoms with E-state index < -0.39 is 17.9 Å². The number of carboxylic acids is 1. The molecule has 1 unspecified atom stereocenters. The van der Waals surface area contributed by atoms with Crippen LogP contribution in [0, 0.1) is 6.92 Å². The molecule has 2 rings (SSSR count). The lowest BCUT2D eigenvalue weighted by atomic mass is 10.2. The number of nitrogens with one attached hydrogen (secondary N) is 1. The van der Waals surface area contributed by atoms with Crippen molar-refractivity contribution in [3.05, 3.63) is 29.0 Å². The Balaban J connectivity index is 2.01. The highest BCUT2D eigenvalue weighted by molar-refractivity contribution is 7.13. The van der Waals surface area contributed by atoms with Gasteiger partial charge < -0.3 is 19.6 Å². The third kappa shape index (κ3) is 4.64. The number of ether oxygens (including phenoxy) is 1. The van der Waals surface area contributed by atoms with Gasteiger partial charge in [0.05, 0.1) is 17.0 Å². The molecule has 2 heterocycles. The lowest BCUT2D eigenvalue weighted by Gasteiger charge is -2.13. The third-order valence-corrected chi connectivity index (χ3v) is 4.05. The molecule has 0 aliphatic rings. The van der Waals surface area contributed by atoms with Gasteiger partial charge in [-0.05, 0) is 18.4 Å². The van der Waals surface area contributed by atoms with E-state index in [0.717, 1.165) is 4.88 Å². The molecule has 0 radical (unpaired) electrons. The number of thiophene rings is 1. The number of aryl methyl sites for hydroxylation is 1. The van der Waals surface area contributed by atoms with Gasteiger partial charge in [0.1, 0.15) is 11.8 Å². The number of hydrogen-bond acceptors (Lipinski definition) is 6. The van der Waals surface area contributed by atoms with Gasteiger partial charge in [0, 0.05) is 20.1 Å². The Morgan fingerprint density at radius 3 is 2.91 bits per heavy atom. The van der Waals surface area contributed by atoms with E-state index in [9.17, 15) is 9.59 Å². The number of carbonyl (C=O) groups is 2. The monoisotopic (exact) mass is 338 g/mol. The lowest BCUT2D eigenvalue weighted by Crippen LogP contribution is -2.42. The first-order valence-corrected chi connectivity index (χ1v) is 7.90. The Kier molecular flexibility index (Phi) is 5.89. The van der Waals surface area contributed by atoms with Crippen molar-refractivity contribution in [3.8, 4) is 10.8 Å². The van der Waals surface area contributed by atoms with Crippen molar-refractivity contribution in [1.82, 2.24) is 10.3 Å². The summed E-state index contributed by atoms with van der Waals surface area (Å²) in [5.74, 6) is -0.490. The second-order valence-corrected chi connectivity index (χ2v) is 5.86. The standard InChI is InChI=1S/C15H18N2O5S/c1-9-11(17-14(22-9)12-4-3-7-23-12)8-13(18)16-10(15(19)20)5-6-21-2/h3-4,7,10H,5-6,8H2,1-2H3,(H,16,18)(H,19,20). The summed E-state index contributed by atoms with van der Waals surface area (Å²) >= 11 is 1.49. The normalized spacial score (nSPS) is 12.1. The summed E-state index contributed by atoms with van der Waals surface area (Å²) < 4.78 is 10.4. The first kappa shape index (κ1) is 17.2. The molecule has 8 heteroatoms. The largest absolute Gasteiger partial charge is 0.480 e. The molecule has 0 fully saturated rings. The number of carboxylic acid groups (broad SMARTS) is 1. The van der Waals surface area contributed by atoms with Gasteiger partial charge >= 0.3 is 5.97 Å². The van der Waals surface area contributed by atoms with Crippen LogP contribution < -0.4 is 5.32 Å². The molecule has 7 nitrogen and oxygen atoms in total. The summed E-state index contributed by atoms with van der Waals surface area (Å²) in [5, 5.41) is 13.5. The second kappa shape index (κ2) is 7.89. The number of amides is 1. The van der Waals surface area contributed by atoms with Crippen LogP contribution in [0.1, 0.15) is 17.9 Å². The van der Waals surface area contributed by atoms with E-state index in [1.54, 1.807) is 6.92 Å². The Morgan fingerprint density at radius 2 is 2.30 bits per heavy atom. The van der Waals surface area contributed by atoms with E-state index in [4.69, 9.17) is 14.3 Å². The number of oxazole rings is 1. The molecule has 0 spiro atoms. The van der Waals surface area contributed by atoms with E-state index in [1.165, 1.54) is 18.4 Å². The van der Waals surface area contributed by atoms with E-state index >= 15 is 0 Å². The van der Waals surface area contributed by atoms with E-state index in [1.807, 2.05) is 17.5 Å². The third-order valence-electron chi connectivity index (χ3n) is 3.20. The van der Waals surface area contributed by atoms with Crippen molar-refractivity contribution in [2.45, 2.75) is 25.8 Å². The smallest absolute Gasteiger partial charge is 0.326 e. The fourth-order valence-corrected chi connectivity index (χ4v) is 2.64. The highest BCUT2D eigenvalue weighted by Gasteiger charge is 2.21. The van der Waals surface area contributed by atoms with Crippen LogP contribution in [0.15, 0.2) is 21.9 Å². The van der Waals surface area contributed by atoms with Crippen LogP contribution in [-0.4, -0.2) is 41.7 Å². The van der Waals surface area contributed by atoms with Crippen LogP contribution in [0.5, 0.6) is 0 Å². The van der Waals surface area contributed by atoms with Crippen molar-refractivity contribution < 1.29 is 23.8 Å². The fourth-order valence-electron chi connectivity index (χ4n) is 1.99. The molecule has 0 bridgehead atoms. The molecule has 2 aromatic rings. The first-order chi connectivity index (χ1) is 11.0. The topological polar surface area (TPSA) is 102 Å². The minimum atomic E-state index is -1.09. The second-order valence-electron chi connectivity index (χ2n) is 4.92. The zero-order chi connectivity index (χ0) is 16.8. The summed E-state index contributed by atoms with van der Waals surface area (Å²) in [6.45, 7) is 1.98. The predicted octanol–water partition coefficient (Wildman–Crippen LogP) is 1.86. The van der Waals surface area contributed by atoms with Gasteiger partial charge in [-0.1, -0.05) is 6.07 Å². The maximum Gasteiger partial charge on any atom is 0.326 e. The van der Waals surface area contributed by atoms with Crippen molar-refractivity contribution >= 4 is 23.2 Å². The number of rotatable bonds is 8. The highest BCUT2D eigenvalue weighted by Crippen LogP contribution is 2.26. The summed E-state index contributed by atoms with van der Waals surface area (Å²) in [6.07, 6.45) is 0.174. The van der Waals surface area contributed by atoms with Gasteiger partial charge in [-0.25, -0.2) is 9.78 Å². The maximum absolute atomic E-state index is 12.0. The van der Waals surface area contributed by atoms with Gasteiger partial charge in [0.2, 0.25) is 11.8 Å². The summed E-state index contributed by atoms with van der Waals surface area (Å²) in [6, 6.07) is 2.79. The van der Waals surface area contributed by atoms with E-state index in [0.29, 0.717) is 17.3 Å². The molecule has 1 amide bonds. The molecule has 1 atom stereocenters. The van der Waals surface area contributed by atoms with E-state index in [-0.39, 0.29) is 19.4 Å². The molecule has 0 saturated carbocycles. The molecule has 2 aromatic heterocycles. The Hall–Kier alpha value is -2.19. The summed E-state index contributed by atoms with van der Waals surface area (Å²) in [5.41, 5.74) is 0.502. The molecule has 0 aromatic carbocycles. The zero-order valence-corrected chi connectivity index (χ0v) is 13.7. The molecule has 124 valence electrons. The number of aromatic nitrogens is 1. The van der Waals surface area contributed by atoms with Gasteiger partial charge in [0.15, 0.2) is 0 Å². The van der Waals surface area contributed by atoms with Crippen molar-refractivity contribution in [2.75, 3.05) is 13.7 Å². The Morgan fingerprint density at radius 1 is 1.52 bits per heavy atom. The molecule has 2 N–H and O–H groups in total. The number of methoxy groups -OCH3 is 1. The number of nitrogens with zero attached hydrogens (tertiary/aromatic N) is 1. The molecular formula is C15H18N2O5S. The van der Waals surface area contributed by atoms with Crippen LogP contribution in [0.2, 0.25) is 0 Å². The summed E-state index contributed by atoms with van der Waals surface area (Å²) in [4.78, 5) is 28.4. The quantitative estimate of drug-likeness (QED) is 0.762. The number of carbonyl (C=O) groups excluding carboxylic acids is 1. The van der Waals surface area contributed by atoms with Crippen LogP contribution in [0.25, 0.3) is 10.8 Å². The Labute approximate surface area is 137 Å². The van der Waals surface area contributed by atoms with Crippen LogP contribution >= 0.6 is 11.3 Å². The van der Waals surface area contributed by atoms with Gasteiger partial charge in [0.25, 0.3) is 0 Å². The Bertz CT molecular complexity index is 665. The van der Waals surface area contributed by atoms with Crippen LogP contribution in [-0.2, 0) is 20.7 Å².